The minimum Gasteiger partial charge on any atom is -0.465 e. The van der Waals surface area contributed by atoms with Crippen molar-refractivity contribution >= 4 is 45.1 Å². The SMILES string of the molecule is COC(=O)C[NH2+][C@H](c1ccccc1)c1cc(Br)ccc1NC(=O)c1ccccc1Cl. The number of carbonyl (C=O) groups excluding carboxylic acids is 2. The number of carbonyl (C=O) groups is 2. The zero-order valence-electron chi connectivity index (χ0n) is 16.3. The Balaban J connectivity index is 1.99. The lowest BCUT2D eigenvalue weighted by Gasteiger charge is -2.20. The van der Waals surface area contributed by atoms with Crippen LogP contribution in [0, 0.1) is 0 Å². The second-order valence-electron chi connectivity index (χ2n) is 6.57. The molecule has 1 amide bonds. The predicted octanol–water partition coefficient (Wildman–Crippen LogP) is 4.18. The summed E-state index contributed by atoms with van der Waals surface area (Å²) in [6.45, 7) is 0.139. The molecule has 0 aromatic heterocycles. The monoisotopic (exact) mass is 487 g/mol. The van der Waals surface area contributed by atoms with Crippen LogP contribution in [0.25, 0.3) is 0 Å². The van der Waals surface area contributed by atoms with Gasteiger partial charge >= 0.3 is 5.97 Å². The van der Waals surface area contributed by atoms with Gasteiger partial charge in [-0.25, -0.2) is 4.79 Å². The molecular formula is C23H21BrClN2O3+. The summed E-state index contributed by atoms with van der Waals surface area (Å²) in [6, 6.07) is 22.1. The molecule has 0 saturated heterocycles. The second-order valence-corrected chi connectivity index (χ2v) is 7.89. The minimum absolute atomic E-state index is 0.139. The van der Waals surface area contributed by atoms with Crippen LogP contribution in [0.4, 0.5) is 5.69 Å². The number of hydrogen-bond donors (Lipinski definition) is 2. The van der Waals surface area contributed by atoms with Crippen LogP contribution in [0.2, 0.25) is 5.02 Å². The molecule has 154 valence electrons. The van der Waals surface area contributed by atoms with Crippen molar-refractivity contribution in [1.82, 2.24) is 0 Å². The highest BCUT2D eigenvalue weighted by atomic mass is 79.9. The Morgan fingerprint density at radius 2 is 1.77 bits per heavy atom. The van der Waals surface area contributed by atoms with Crippen LogP contribution in [0.15, 0.2) is 77.3 Å². The molecule has 3 rings (SSSR count). The van der Waals surface area contributed by atoms with E-state index in [0.29, 0.717) is 16.3 Å². The average molecular weight is 489 g/mol. The summed E-state index contributed by atoms with van der Waals surface area (Å²) >= 11 is 9.70. The number of methoxy groups -OCH3 is 1. The van der Waals surface area contributed by atoms with Gasteiger partial charge in [0, 0.05) is 15.6 Å². The number of nitrogens with two attached hydrogens (primary N) is 1. The molecule has 0 unspecified atom stereocenters. The van der Waals surface area contributed by atoms with Crippen LogP contribution in [-0.2, 0) is 9.53 Å². The van der Waals surface area contributed by atoms with E-state index in [1.165, 1.54) is 7.11 Å². The van der Waals surface area contributed by atoms with Crippen molar-refractivity contribution in [3.05, 3.63) is 99.0 Å². The van der Waals surface area contributed by atoms with Gasteiger partial charge in [0.15, 0.2) is 6.54 Å². The first-order chi connectivity index (χ1) is 14.5. The molecule has 0 bridgehead atoms. The fraction of sp³-hybridized carbons (Fsp3) is 0.130. The Bertz CT molecular complexity index is 1040. The Kier molecular flexibility index (Phi) is 7.63. The van der Waals surface area contributed by atoms with Crippen LogP contribution in [0.3, 0.4) is 0 Å². The number of halogens is 2. The summed E-state index contributed by atoms with van der Waals surface area (Å²) in [5.74, 6) is -0.628. The fourth-order valence-electron chi connectivity index (χ4n) is 3.14. The average Bonchev–Trinajstić information content (AvgIpc) is 2.76. The number of hydrogen-bond acceptors (Lipinski definition) is 3. The highest BCUT2D eigenvalue weighted by Crippen LogP contribution is 2.30. The van der Waals surface area contributed by atoms with Gasteiger partial charge in [0.25, 0.3) is 5.91 Å². The van der Waals surface area contributed by atoms with E-state index in [4.69, 9.17) is 16.3 Å². The normalized spacial score (nSPS) is 11.6. The molecule has 3 aromatic rings. The maximum absolute atomic E-state index is 12.9. The Morgan fingerprint density at radius 3 is 2.47 bits per heavy atom. The van der Waals surface area contributed by atoms with Gasteiger partial charge in [-0.05, 0) is 30.3 Å². The van der Waals surface area contributed by atoms with E-state index in [1.54, 1.807) is 24.3 Å². The van der Waals surface area contributed by atoms with Gasteiger partial charge in [-0.15, -0.1) is 0 Å². The van der Waals surface area contributed by atoms with E-state index >= 15 is 0 Å². The first-order valence-electron chi connectivity index (χ1n) is 9.30. The summed E-state index contributed by atoms with van der Waals surface area (Å²) in [4.78, 5) is 24.6. The molecule has 0 heterocycles. The van der Waals surface area contributed by atoms with Gasteiger partial charge < -0.3 is 15.4 Å². The second kappa shape index (κ2) is 10.4. The largest absolute Gasteiger partial charge is 0.465 e. The van der Waals surface area contributed by atoms with Crippen molar-refractivity contribution in [2.75, 3.05) is 19.0 Å². The lowest BCUT2D eigenvalue weighted by atomic mass is 9.96. The molecule has 1 atom stereocenters. The molecule has 3 N–H and O–H groups in total. The maximum Gasteiger partial charge on any atom is 0.361 e. The number of esters is 1. The molecule has 0 aliphatic carbocycles. The van der Waals surface area contributed by atoms with E-state index in [0.717, 1.165) is 15.6 Å². The molecule has 0 aliphatic rings. The number of rotatable bonds is 7. The maximum atomic E-state index is 12.9. The number of benzene rings is 3. The molecule has 0 radical (unpaired) electrons. The van der Waals surface area contributed by atoms with Gasteiger partial charge in [-0.2, -0.15) is 0 Å². The Morgan fingerprint density at radius 1 is 1.07 bits per heavy atom. The van der Waals surface area contributed by atoms with Crippen molar-refractivity contribution in [2.24, 2.45) is 0 Å². The Labute approximate surface area is 188 Å². The van der Waals surface area contributed by atoms with Crippen LogP contribution >= 0.6 is 27.5 Å². The first-order valence-corrected chi connectivity index (χ1v) is 10.5. The lowest BCUT2D eigenvalue weighted by Crippen LogP contribution is -2.87. The van der Waals surface area contributed by atoms with Crippen molar-refractivity contribution in [2.45, 2.75) is 6.04 Å². The minimum atomic E-state index is -0.326. The summed E-state index contributed by atoms with van der Waals surface area (Å²) in [6.07, 6.45) is 0. The van der Waals surface area contributed by atoms with Crippen LogP contribution < -0.4 is 10.6 Å². The number of ether oxygens (including phenoxy) is 1. The first kappa shape index (κ1) is 22.0. The fourth-order valence-corrected chi connectivity index (χ4v) is 3.74. The van der Waals surface area contributed by atoms with E-state index in [2.05, 4.69) is 21.2 Å². The molecule has 0 spiro atoms. The van der Waals surface area contributed by atoms with Gasteiger partial charge in [0.05, 0.1) is 23.4 Å². The van der Waals surface area contributed by atoms with E-state index in [-0.39, 0.29) is 24.5 Å². The third-order valence-corrected chi connectivity index (χ3v) is 5.44. The quantitative estimate of drug-likeness (QED) is 0.490. The Hall–Kier alpha value is -2.67. The van der Waals surface area contributed by atoms with E-state index in [1.807, 2.05) is 53.8 Å². The molecule has 0 saturated carbocycles. The number of anilines is 1. The van der Waals surface area contributed by atoms with Crippen molar-refractivity contribution in [3.8, 4) is 0 Å². The predicted molar refractivity (Wildman–Crippen MR) is 121 cm³/mol. The number of quaternary nitrogens is 1. The molecule has 7 heteroatoms. The zero-order chi connectivity index (χ0) is 21.5. The van der Waals surface area contributed by atoms with E-state index < -0.39 is 0 Å². The molecular weight excluding hydrogens is 468 g/mol. The van der Waals surface area contributed by atoms with Gasteiger partial charge in [0.1, 0.15) is 6.04 Å². The smallest absolute Gasteiger partial charge is 0.361 e. The van der Waals surface area contributed by atoms with Crippen LogP contribution in [0.5, 0.6) is 0 Å². The highest BCUT2D eigenvalue weighted by Gasteiger charge is 2.24. The molecule has 3 aromatic carbocycles. The summed E-state index contributed by atoms with van der Waals surface area (Å²) in [5, 5.41) is 5.23. The van der Waals surface area contributed by atoms with Gasteiger partial charge in [-0.3, -0.25) is 4.79 Å². The number of amides is 1. The third-order valence-electron chi connectivity index (χ3n) is 4.62. The molecule has 5 nitrogen and oxygen atoms in total. The molecule has 30 heavy (non-hydrogen) atoms. The molecule has 0 aliphatic heterocycles. The zero-order valence-corrected chi connectivity index (χ0v) is 18.6. The summed E-state index contributed by atoms with van der Waals surface area (Å²) in [7, 11) is 1.36. The van der Waals surface area contributed by atoms with Crippen LogP contribution in [0.1, 0.15) is 27.5 Å². The third kappa shape index (κ3) is 5.48. The van der Waals surface area contributed by atoms with E-state index in [9.17, 15) is 9.59 Å². The lowest BCUT2D eigenvalue weighted by molar-refractivity contribution is -0.677. The summed E-state index contributed by atoms with van der Waals surface area (Å²) in [5.41, 5.74) is 2.87. The summed E-state index contributed by atoms with van der Waals surface area (Å²) < 4.78 is 5.66. The number of nitrogens with one attached hydrogen (secondary N) is 1. The van der Waals surface area contributed by atoms with Crippen molar-refractivity contribution in [3.63, 3.8) is 0 Å². The van der Waals surface area contributed by atoms with Crippen molar-refractivity contribution < 1.29 is 19.6 Å². The van der Waals surface area contributed by atoms with Gasteiger partial charge in [0.2, 0.25) is 0 Å². The van der Waals surface area contributed by atoms with Crippen molar-refractivity contribution in [1.29, 1.82) is 0 Å². The van der Waals surface area contributed by atoms with Crippen LogP contribution in [-0.4, -0.2) is 25.5 Å². The topological polar surface area (TPSA) is 72.0 Å². The molecule has 0 fully saturated rings. The highest BCUT2D eigenvalue weighted by molar-refractivity contribution is 9.10. The standard InChI is InChI=1S/C23H20BrClN2O3/c1-30-21(28)14-26-22(15-7-3-2-4-8-15)18-13-16(24)11-12-20(18)27-23(29)17-9-5-6-10-19(17)25/h2-13,22,26H,14H2,1H3,(H,27,29)/p+1/t22-/m1/s1. The van der Waals surface area contributed by atoms with Gasteiger partial charge in [-0.1, -0.05) is 70.0 Å².